The summed E-state index contributed by atoms with van der Waals surface area (Å²) in [6.45, 7) is 2.07. The standard InChI is InChI=1S/C20H22N2O3S/c1-3-16-14-26-20(21-15-7-5-4-6-8-15)22(16)19(23)13-25-18-11-9-17(24-2)10-12-18/h4-12,16H,3,13-14H2,1-2H3/t16-/m1/s1. The molecule has 1 aliphatic rings. The van der Waals surface area contributed by atoms with Crippen LogP contribution in [0.2, 0.25) is 0 Å². The molecule has 2 aromatic rings. The lowest BCUT2D eigenvalue weighted by atomic mass is 10.2. The summed E-state index contributed by atoms with van der Waals surface area (Å²) in [7, 11) is 1.61. The third-order valence-electron chi connectivity index (χ3n) is 4.12. The lowest BCUT2D eigenvalue weighted by molar-refractivity contribution is -0.130. The normalized spacial score (nSPS) is 18.2. The number of para-hydroxylation sites is 1. The zero-order chi connectivity index (χ0) is 18.4. The summed E-state index contributed by atoms with van der Waals surface area (Å²) in [5, 5.41) is 0.742. The molecule has 1 saturated heterocycles. The Morgan fingerprint density at radius 1 is 1.15 bits per heavy atom. The van der Waals surface area contributed by atoms with Gasteiger partial charge in [0.25, 0.3) is 5.91 Å². The van der Waals surface area contributed by atoms with Gasteiger partial charge in [0.15, 0.2) is 11.8 Å². The fourth-order valence-corrected chi connectivity index (χ4v) is 3.95. The Balaban J connectivity index is 1.70. The van der Waals surface area contributed by atoms with E-state index in [0.717, 1.165) is 28.8 Å². The van der Waals surface area contributed by atoms with Crippen molar-refractivity contribution in [3.8, 4) is 11.5 Å². The molecule has 0 N–H and O–H groups in total. The van der Waals surface area contributed by atoms with Gasteiger partial charge in [-0.3, -0.25) is 9.69 Å². The number of methoxy groups -OCH3 is 1. The third kappa shape index (κ3) is 4.38. The van der Waals surface area contributed by atoms with Crippen molar-refractivity contribution < 1.29 is 14.3 Å². The first-order valence-corrected chi connectivity index (χ1v) is 9.55. The number of amidine groups is 1. The number of hydrogen-bond acceptors (Lipinski definition) is 5. The number of thioether (sulfide) groups is 1. The van der Waals surface area contributed by atoms with Crippen LogP contribution in [0.1, 0.15) is 13.3 Å². The Morgan fingerprint density at radius 2 is 1.85 bits per heavy atom. The van der Waals surface area contributed by atoms with Crippen LogP contribution in [-0.2, 0) is 4.79 Å². The molecule has 136 valence electrons. The molecule has 1 aliphatic heterocycles. The Morgan fingerprint density at radius 3 is 2.50 bits per heavy atom. The summed E-state index contributed by atoms with van der Waals surface area (Å²) in [6, 6.07) is 17.0. The van der Waals surface area contributed by atoms with Gasteiger partial charge in [-0.2, -0.15) is 0 Å². The van der Waals surface area contributed by atoms with Crippen LogP contribution in [0.25, 0.3) is 0 Å². The molecule has 0 saturated carbocycles. The average molecular weight is 370 g/mol. The van der Waals surface area contributed by atoms with Gasteiger partial charge in [-0.1, -0.05) is 36.9 Å². The Labute approximate surface area is 158 Å². The molecule has 1 atom stereocenters. The number of carbonyl (C=O) groups excluding carboxylic acids is 1. The SMILES string of the molecule is CC[C@@H]1CSC(=Nc2ccccc2)N1C(=O)COc1ccc(OC)cc1. The van der Waals surface area contributed by atoms with Crippen molar-refractivity contribution in [3.05, 3.63) is 54.6 Å². The van der Waals surface area contributed by atoms with E-state index in [4.69, 9.17) is 9.47 Å². The van der Waals surface area contributed by atoms with Gasteiger partial charge in [-0.05, 0) is 42.8 Å². The molecule has 0 radical (unpaired) electrons. The van der Waals surface area contributed by atoms with Crippen molar-refractivity contribution in [2.45, 2.75) is 19.4 Å². The molecule has 3 rings (SSSR count). The minimum atomic E-state index is -0.0765. The van der Waals surface area contributed by atoms with E-state index in [2.05, 4.69) is 11.9 Å². The van der Waals surface area contributed by atoms with Gasteiger partial charge >= 0.3 is 0 Å². The fraction of sp³-hybridized carbons (Fsp3) is 0.300. The maximum atomic E-state index is 12.8. The van der Waals surface area contributed by atoms with Gasteiger partial charge in [0, 0.05) is 11.8 Å². The second-order valence-electron chi connectivity index (χ2n) is 5.83. The van der Waals surface area contributed by atoms with Crippen molar-refractivity contribution >= 4 is 28.5 Å². The molecule has 2 aromatic carbocycles. The number of ether oxygens (including phenoxy) is 2. The van der Waals surface area contributed by atoms with E-state index in [9.17, 15) is 4.79 Å². The minimum Gasteiger partial charge on any atom is -0.497 e. The highest BCUT2D eigenvalue weighted by Crippen LogP contribution is 2.29. The van der Waals surface area contributed by atoms with E-state index in [1.807, 2.05) is 42.5 Å². The van der Waals surface area contributed by atoms with Gasteiger partial charge in [0.2, 0.25) is 0 Å². The molecule has 0 spiro atoms. The van der Waals surface area contributed by atoms with E-state index in [1.165, 1.54) is 0 Å². The summed E-state index contributed by atoms with van der Waals surface area (Å²) in [5.41, 5.74) is 0.848. The Hall–Kier alpha value is -2.47. The first-order valence-electron chi connectivity index (χ1n) is 8.56. The summed E-state index contributed by atoms with van der Waals surface area (Å²) in [4.78, 5) is 19.2. The number of aliphatic imine (C=N–C) groups is 1. The summed E-state index contributed by atoms with van der Waals surface area (Å²) in [6.07, 6.45) is 0.884. The first kappa shape index (κ1) is 18.3. The fourth-order valence-electron chi connectivity index (χ4n) is 2.67. The number of hydrogen-bond donors (Lipinski definition) is 0. The molecule has 0 unspecified atom stereocenters. The van der Waals surface area contributed by atoms with Crippen LogP contribution in [0.5, 0.6) is 11.5 Å². The zero-order valence-electron chi connectivity index (χ0n) is 14.9. The third-order valence-corrected chi connectivity index (χ3v) is 5.22. The second kappa shape index (κ2) is 8.76. The number of amides is 1. The van der Waals surface area contributed by atoms with Gasteiger partial charge < -0.3 is 9.47 Å². The lowest BCUT2D eigenvalue weighted by Gasteiger charge is -2.23. The molecule has 0 aromatic heterocycles. The van der Waals surface area contributed by atoms with Gasteiger partial charge in [-0.25, -0.2) is 4.99 Å². The molecule has 0 bridgehead atoms. The van der Waals surface area contributed by atoms with Gasteiger partial charge in [0.1, 0.15) is 11.5 Å². The minimum absolute atomic E-state index is 0.0167. The number of benzene rings is 2. The second-order valence-corrected chi connectivity index (χ2v) is 6.82. The van der Waals surface area contributed by atoms with Crippen LogP contribution in [0, 0.1) is 0 Å². The van der Waals surface area contributed by atoms with Crippen LogP contribution in [0.4, 0.5) is 5.69 Å². The highest BCUT2D eigenvalue weighted by molar-refractivity contribution is 8.14. The highest BCUT2D eigenvalue weighted by Gasteiger charge is 2.34. The maximum Gasteiger partial charge on any atom is 0.266 e. The smallest absolute Gasteiger partial charge is 0.266 e. The van der Waals surface area contributed by atoms with Crippen LogP contribution < -0.4 is 9.47 Å². The Kier molecular flexibility index (Phi) is 6.17. The van der Waals surface area contributed by atoms with Crippen molar-refractivity contribution in [3.63, 3.8) is 0 Å². The van der Waals surface area contributed by atoms with Crippen LogP contribution in [0.3, 0.4) is 0 Å². The van der Waals surface area contributed by atoms with Crippen molar-refractivity contribution in [1.29, 1.82) is 0 Å². The van der Waals surface area contributed by atoms with Crippen LogP contribution >= 0.6 is 11.8 Å². The predicted octanol–water partition coefficient (Wildman–Crippen LogP) is 4.12. The topological polar surface area (TPSA) is 51.1 Å². The summed E-state index contributed by atoms with van der Waals surface area (Å²) >= 11 is 1.62. The van der Waals surface area contributed by atoms with E-state index in [0.29, 0.717) is 5.75 Å². The van der Waals surface area contributed by atoms with E-state index >= 15 is 0 Å². The highest BCUT2D eigenvalue weighted by atomic mass is 32.2. The maximum absolute atomic E-state index is 12.8. The van der Waals surface area contributed by atoms with E-state index < -0.39 is 0 Å². The molecule has 1 amide bonds. The monoisotopic (exact) mass is 370 g/mol. The van der Waals surface area contributed by atoms with E-state index in [1.54, 1.807) is 35.9 Å². The largest absolute Gasteiger partial charge is 0.497 e. The number of rotatable bonds is 6. The van der Waals surface area contributed by atoms with Crippen LogP contribution in [-0.4, -0.2) is 41.5 Å². The van der Waals surface area contributed by atoms with E-state index in [-0.39, 0.29) is 18.6 Å². The summed E-state index contributed by atoms with van der Waals surface area (Å²) in [5.74, 6) is 2.17. The molecule has 6 heteroatoms. The molecular weight excluding hydrogens is 348 g/mol. The lowest BCUT2D eigenvalue weighted by Crippen LogP contribution is -2.41. The van der Waals surface area contributed by atoms with Gasteiger partial charge in [-0.15, -0.1) is 0 Å². The first-order chi connectivity index (χ1) is 12.7. The quantitative estimate of drug-likeness (QED) is 0.768. The summed E-state index contributed by atoms with van der Waals surface area (Å²) < 4.78 is 10.8. The van der Waals surface area contributed by atoms with Crippen molar-refractivity contribution in [2.75, 3.05) is 19.5 Å². The number of carbonyl (C=O) groups is 1. The van der Waals surface area contributed by atoms with Crippen LogP contribution in [0.15, 0.2) is 59.6 Å². The van der Waals surface area contributed by atoms with Crippen molar-refractivity contribution in [2.24, 2.45) is 4.99 Å². The van der Waals surface area contributed by atoms with Crippen molar-refractivity contribution in [1.82, 2.24) is 4.90 Å². The Bertz CT molecular complexity index is 762. The van der Waals surface area contributed by atoms with Gasteiger partial charge in [0.05, 0.1) is 12.8 Å². The molecule has 5 nitrogen and oxygen atoms in total. The molecule has 0 aliphatic carbocycles. The molecule has 1 heterocycles. The molecule has 26 heavy (non-hydrogen) atoms. The number of nitrogens with zero attached hydrogens (tertiary/aromatic N) is 2. The average Bonchev–Trinajstić information content (AvgIpc) is 3.10. The molecular formula is C20H22N2O3S. The molecule has 1 fully saturated rings. The zero-order valence-corrected chi connectivity index (χ0v) is 15.7. The predicted molar refractivity (Wildman–Crippen MR) is 105 cm³/mol.